The lowest BCUT2D eigenvalue weighted by Gasteiger charge is -2.25. The van der Waals surface area contributed by atoms with Crippen molar-refractivity contribution in [2.75, 3.05) is 6.61 Å². The lowest BCUT2D eigenvalue weighted by atomic mass is 9.99. The van der Waals surface area contributed by atoms with Crippen LogP contribution in [0.2, 0.25) is 0 Å². The molecule has 0 radical (unpaired) electrons. The lowest BCUT2D eigenvalue weighted by molar-refractivity contribution is 0.0908. The molecule has 3 heteroatoms. The number of benzene rings is 1. The normalized spacial score (nSPS) is 16.5. The number of amides is 1. The molecule has 19 heavy (non-hydrogen) atoms. The number of aliphatic hydroxyl groups excluding tert-OH is 1. The molecule has 100 valence electrons. The summed E-state index contributed by atoms with van der Waals surface area (Å²) in [6, 6.07) is 7.25. The fourth-order valence-corrected chi connectivity index (χ4v) is 2.55. The largest absolute Gasteiger partial charge is 0.384 e. The maximum absolute atomic E-state index is 12.3. The van der Waals surface area contributed by atoms with Gasteiger partial charge in [-0.1, -0.05) is 36.8 Å². The molecule has 0 atom stereocenters. The van der Waals surface area contributed by atoms with Crippen LogP contribution in [0.25, 0.3) is 0 Å². The van der Waals surface area contributed by atoms with Crippen LogP contribution in [0.1, 0.15) is 48.5 Å². The van der Waals surface area contributed by atoms with E-state index in [0.717, 1.165) is 12.8 Å². The van der Waals surface area contributed by atoms with Gasteiger partial charge in [0.25, 0.3) is 5.91 Å². The monoisotopic (exact) mass is 257 g/mol. The van der Waals surface area contributed by atoms with E-state index >= 15 is 0 Å². The highest BCUT2D eigenvalue weighted by molar-refractivity contribution is 5.97. The molecule has 1 saturated carbocycles. The van der Waals surface area contributed by atoms with Crippen molar-refractivity contribution in [2.45, 2.75) is 38.1 Å². The van der Waals surface area contributed by atoms with Gasteiger partial charge in [-0.15, -0.1) is 0 Å². The highest BCUT2D eigenvalue weighted by Gasteiger charge is 2.30. The summed E-state index contributed by atoms with van der Waals surface area (Å²) in [5, 5.41) is 11.9. The van der Waals surface area contributed by atoms with Gasteiger partial charge in [-0.2, -0.15) is 0 Å². The van der Waals surface area contributed by atoms with Crippen molar-refractivity contribution in [1.29, 1.82) is 0 Å². The van der Waals surface area contributed by atoms with Crippen LogP contribution in [-0.4, -0.2) is 23.2 Å². The lowest BCUT2D eigenvalue weighted by Crippen LogP contribution is -2.43. The maximum Gasteiger partial charge on any atom is 0.252 e. The minimum atomic E-state index is -0.201. The third-order valence-corrected chi connectivity index (χ3v) is 3.60. The Morgan fingerprint density at radius 3 is 2.74 bits per heavy atom. The van der Waals surface area contributed by atoms with E-state index < -0.39 is 0 Å². The Balaban J connectivity index is 2.19. The first-order valence-corrected chi connectivity index (χ1v) is 6.66. The number of hydrogen-bond donors (Lipinski definition) is 2. The standard InChI is InChI=1S/C16H19NO2/c1-16(10-4-5-11-16)17-15(19)14-9-3-2-7-13(14)8-6-12-18/h2-3,7,9,18H,4-5,10-12H2,1H3,(H,17,19). The van der Waals surface area contributed by atoms with Gasteiger partial charge in [0.2, 0.25) is 0 Å². The number of nitrogens with one attached hydrogen (secondary N) is 1. The predicted octanol–water partition coefficient (Wildman–Crippen LogP) is 2.09. The Hall–Kier alpha value is -1.79. The minimum Gasteiger partial charge on any atom is -0.384 e. The molecular formula is C16H19NO2. The van der Waals surface area contributed by atoms with E-state index in [1.807, 2.05) is 12.1 Å². The van der Waals surface area contributed by atoms with Gasteiger partial charge in [0.05, 0.1) is 5.56 Å². The van der Waals surface area contributed by atoms with Gasteiger partial charge in [-0.3, -0.25) is 4.79 Å². The number of aliphatic hydroxyl groups is 1. The smallest absolute Gasteiger partial charge is 0.252 e. The molecular weight excluding hydrogens is 238 g/mol. The van der Waals surface area contributed by atoms with Crippen LogP contribution in [-0.2, 0) is 0 Å². The molecule has 0 aromatic heterocycles. The van der Waals surface area contributed by atoms with E-state index in [4.69, 9.17) is 5.11 Å². The first-order valence-electron chi connectivity index (χ1n) is 6.66. The zero-order valence-electron chi connectivity index (χ0n) is 11.2. The Morgan fingerprint density at radius 1 is 1.37 bits per heavy atom. The van der Waals surface area contributed by atoms with Crippen LogP contribution < -0.4 is 5.32 Å². The number of carbonyl (C=O) groups excluding carboxylic acids is 1. The third-order valence-electron chi connectivity index (χ3n) is 3.60. The van der Waals surface area contributed by atoms with E-state index in [0.29, 0.717) is 11.1 Å². The highest BCUT2D eigenvalue weighted by Crippen LogP contribution is 2.29. The molecule has 1 aliphatic carbocycles. The van der Waals surface area contributed by atoms with Gasteiger partial charge in [0, 0.05) is 11.1 Å². The van der Waals surface area contributed by atoms with E-state index in [-0.39, 0.29) is 18.1 Å². The SMILES string of the molecule is CC1(NC(=O)c2ccccc2C#CCO)CCCC1. The number of rotatable bonds is 2. The fourth-order valence-electron chi connectivity index (χ4n) is 2.55. The van der Waals surface area contributed by atoms with E-state index in [2.05, 4.69) is 24.1 Å². The van der Waals surface area contributed by atoms with Crippen LogP contribution in [0.4, 0.5) is 0 Å². The molecule has 1 fully saturated rings. The van der Waals surface area contributed by atoms with Crippen molar-refractivity contribution in [2.24, 2.45) is 0 Å². The van der Waals surface area contributed by atoms with Gasteiger partial charge in [-0.25, -0.2) is 0 Å². The van der Waals surface area contributed by atoms with Crippen molar-refractivity contribution in [3.05, 3.63) is 35.4 Å². The van der Waals surface area contributed by atoms with Crippen LogP contribution in [0, 0.1) is 11.8 Å². The second kappa shape index (κ2) is 5.90. The molecule has 1 aromatic carbocycles. The molecule has 0 unspecified atom stereocenters. The summed E-state index contributed by atoms with van der Waals surface area (Å²) in [7, 11) is 0. The molecule has 1 aromatic rings. The Kier molecular flexibility index (Phi) is 4.24. The average molecular weight is 257 g/mol. The molecule has 0 aliphatic heterocycles. The summed E-state index contributed by atoms with van der Waals surface area (Å²) in [6.07, 6.45) is 4.40. The van der Waals surface area contributed by atoms with E-state index in [1.54, 1.807) is 12.1 Å². The van der Waals surface area contributed by atoms with Gasteiger partial charge in [-0.05, 0) is 31.9 Å². The summed E-state index contributed by atoms with van der Waals surface area (Å²) in [4.78, 5) is 12.3. The minimum absolute atomic E-state index is 0.0766. The zero-order chi connectivity index (χ0) is 13.7. The molecule has 0 heterocycles. The maximum atomic E-state index is 12.3. The van der Waals surface area contributed by atoms with Crippen LogP contribution in [0.15, 0.2) is 24.3 Å². The second-order valence-corrected chi connectivity index (χ2v) is 5.23. The Labute approximate surface area is 114 Å². The molecule has 2 rings (SSSR count). The van der Waals surface area contributed by atoms with Crippen LogP contribution in [0.5, 0.6) is 0 Å². The van der Waals surface area contributed by atoms with Crippen molar-refractivity contribution in [1.82, 2.24) is 5.32 Å². The molecule has 0 bridgehead atoms. The Morgan fingerprint density at radius 2 is 2.05 bits per heavy atom. The molecule has 1 aliphatic rings. The predicted molar refractivity (Wildman–Crippen MR) is 74.7 cm³/mol. The topological polar surface area (TPSA) is 49.3 Å². The zero-order valence-corrected chi connectivity index (χ0v) is 11.2. The summed E-state index contributed by atoms with van der Waals surface area (Å²) < 4.78 is 0. The van der Waals surface area contributed by atoms with Gasteiger partial charge >= 0.3 is 0 Å². The van der Waals surface area contributed by atoms with Gasteiger partial charge < -0.3 is 10.4 Å². The molecule has 2 N–H and O–H groups in total. The third kappa shape index (κ3) is 3.36. The summed E-state index contributed by atoms with van der Waals surface area (Å²) in [5.41, 5.74) is 1.15. The molecule has 0 spiro atoms. The van der Waals surface area contributed by atoms with Crippen molar-refractivity contribution < 1.29 is 9.90 Å². The van der Waals surface area contributed by atoms with E-state index in [1.165, 1.54) is 12.8 Å². The first-order chi connectivity index (χ1) is 9.14. The fraction of sp³-hybridized carbons (Fsp3) is 0.438. The quantitative estimate of drug-likeness (QED) is 0.797. The van der Waals surface area contributed by atoms with Crippen LogP contribution in [0.3, 0.4) is 0 Å². The van der Waals surface area contributed by atoms with Crippen LogP contribution >= 0.6 is 0 Å². The van der Waals surface area contributed by atoms with E-state index in [9.17, 15) is 4.79 Å². The first kappa shape index (κ1) is 13.6. The van der Waals surface area contributed by atoms with Crippen molar-refractivity contribution in [3.8, 4) is 11.8 Å². The van der Waals surface area contributed by atoms with Gasteiger partial charge in [0.15, 0.2) is 0 Å². The summed E-state index contributed by atoms with van der Waals surface area (Å²) in [5.74, 6) is 5.33. The Bertz CT molecular complexity index is 519. The molecule has 3 nitrogen and oxygen atoms in total. The highest BCUT2D eigenvalue weighted by atomic mass is 16.2. The molecule has 1 amide bonds. The molecule has 0 saturated heterocycles. The summed E-state index contributed by atoms with van der Waals surface area (Å²) >= 11 is 0. The summed E-state index contributed by atoms with van der Waals surface area (Å²) in [6.45, 7) is 1.90. The van der Waals surface area contributed by atoms with Gasteiger partial charge in [0.1, 0.15) is 6.61 Å². The second-order valence-electron chi connectivity index (χ2n) is 5.23. The number of carbonyl (C=O) groups is 1. The van der Waals surface area contributed by atoms with Crippen molar-refractivity contribution >= 4 is 5.91 Å². The van der Waals surface area contributed by atoms with Crippen molar-refractivity contribution in [3.63, 3.8) is 0 Å². The average Bonchev–Trinajstić information content (AvgIpc) is 2.83. The number of hydrogen-bond acceptors (Lipinski definition) is 2.